The van der Waals surface area contributed by atoms with Crippen molar-refractivity contribution in [2.75, 3.05) is 18.4 Å². The Balaban J connectivity index is 0.00000364. The predicted molar refractivity (Wildman–Crippen MR) is 127 cm³/mol. The van der Waals surface area contributed by atoms with Gasteiger partial charge < -0.3 is 16.0 Å². The fourth-order valence-corrected chi connectivity index (χ4v) is 2.69. The van der Waals surface area contributed by atoms with E-state index in [1.54, 1.807) is 0 Å². The molecule has 0 bridgehead atoms. The Morgan fingerprint density at radius 2 is 1.85 bits per heavy atom. The molecule has 27 heavy (non-hydrogen) atoms. The van der Waals surface area contributed by atoms with Crippen LogP contribution in [0.25, 0.3) is 0 Å². The second kappa shape index (κ2) is 12.7. The van der Waals surface area contributed by atoms with Crippen LogP contribution in [0, 0.1) is 6.92 Å². The highest BCUT2D eigenvalue weighted by Crippen LogP contribution is 2.20. The SMILES string of the molecule is CCNC(=NCc1ccccc1)NCCC(=O)Nc1cc(Br)ccc1C.I. The fraction of sp³-hybridized carbons (Fsp3) is 0.300. The number of benzene rings is 2. The number of aryl methyl sites for hydroxylation is 1. The van der Waals surface area contributed by atoms with Gasteiger partial charge in [-0.1, -0.05) is 52.3 Å². The van der Waals surface area contributed by atoms with Crippen LogP contribution < -0.4 is 16.0 Å². The first-order valence-corrected chi connectivity index (χ1v) is 9.50. The number of aliphatic imine (C=N–C) groups is 1. The van der Waals surface area contributed by atoms with Crippen LogP contribution in [-0.4, -0.2) is 25.0 Å². The summed E-state index contributed by atoms with van der Waals surface area (Å²) in [6, 6.07) is 15.9. The third-order valence-electron chi connectivity index (χ3n) is 3.73. The second-order valence-electron chi connectivity index (χ2n) is 5.86. The van der Waals surface area contributed by atoms with Crippen molar-refractivity contribution in [3.05, 3.63) is 64.1 Å². The first kappa shape index (κ1) is 23.4. The quantitative estimate of drug-likeness (QED) is 0.274. The van der Waals surface area contributed by atoms with Gasteiger partial charge in [-0.15, -0.1) is 24.0 Å². The van der Waals surface area contributed by atoms with Crippen molar-refractivity contribution in [2.24, 2.45) is 4.99 Å². The molecule has 2 rings (SSSR count). The number of rotatable bonds is 7. The van der Waals surface area contributed by atoms with E-state index in [4.69, 9.17) is 0 Å². The number of guanidine groups is 1. The summed E-state index contributed by atoms with van der Waals surface area (Å²) in [6.45, 7) is 5.87. The Morgan fingerprint density at radius 1 is 1.11 bits per heavy atom. The van der Waals surface area contributed by atoms with Crippen LogP contribution in [0.3, 0.4) is 0 Å². The summed E-state index contributed by atoms with van der Waals surface area (Å²) in [4.78, 5) is 16.7. The van der Waals surface area contributed by atoms with E-state index in [0.717, 1.165) is 27.8 Å². The van der Waals surface area contributed by atoms with Crippen LogP contribution in [0.2, 0.25) is 0 Å². The normalized spacial score (nSPS) is 10.7. The van der Waals surface area contributed by atoms with Gasteiger partial charge >= 0.3 is 0 Å². The third-order valence-corrected chi connectivity index (χ3v) is 4.22. The van der Waals surface area contributed by atoms with Crippen molar-refractivity contribution >= 4 is 57.5 Å². The molecule has 0 heterocycles. The molecule has 7 heteroatoms. The van der Waals surface area contributed by atoms with E-state index in [0.29, 0.717) is 25.5 Å². The van der Waals surface area contributed by atoms with E-state index in [1.165, 1.54) is 0 Å². The van der Waals surface area contributed by atoms with Crippen LogP contribution in [0.4, 0.5) is 5.69 Å². The molecule has 5 nitrogen and oxygen atoms in total. The van der Waals surface area contributed by atoms with E-state index < -0.39 is 0 Å². The number of carbonyl (C=O) groups is 1. The Labute approximate surface area is 186 Å². The molecule has 0 saturated heterocycles. The van der Waals surface area contributed by atoms with Gasteiger partial charge in [0.25, 0.3) is 0 Å². The van der Waals surface area contributed by atoms with Crippen molar-refractivity contribution in [3.8, 4) is 0 Å². The highest BCUT2D eigenvalue weighted by atomic mass is 127. The van der Waals surface area contributed by atoms with Crippen LogP contribution in [0.1, 0.15) is 24.5 Å². The Kier molecular flexibility index (Phi) is 11.0. The van der Waals surface area contributed by atoms with Gasteiger partial charge in [0.2, 0.25) is 5.91 Å². The molecule has 0 unspecified atom stereocenters. The monoisotopic (exact) mass is 544 g/mol. The number of hydrogen-bond acceptors (Lipinski definition) is 2. The van der Waals surface area contributed by atoms with Crippen molar-refractivity contribution in [3.63, 3.8) is 0 Å². The highest BCUT2D eigenvalue weighted by molar-refractivity contribution is 14.0. The largest absolute Gasteiger partial charge is 0.357 e. The molecule has 0 saturated carbocycles. The number of halogens is 2. The van der Waals surface area contributed by atoms with Gasteiger partial charge in [0, 0.05) is 29.7 Å². The molecule has 146 valence electrons. The molecular formula is C20H26BrIN4O. The minimum Gasteiger partial charge on any atom is -0.357 e. The lowest BCUT2D eigenvalue weighted by atomic mass is 10.2. The highest BCUT2D eigenvalue weighted by Gasteiger charge is 2.06. The minimum absolute atomic E-state index is 0. The number of nitrogens with one attached hydrogen (secondary N) is 3. The smallest absolute Gasteiger partial charge is 0.226 e. The summed E-state index contributed by atoms with van der Waals surface area (Å²) < 4.78 is 0.944. The Hall–Kier alpha value is -1.61. The maximum Gasteiger partial charge on any atom is 0.226 e. The summed E-state index contributed by atoms with van der Waals surface area (Å²) in [5.41, 5.74) is 3.01. The topological polar surface area (TPSA) is 65.5 Å². The molecule has 0 spiro atoms. The first-order valence-electron chi connectivity index (χ1n) is 8.70. The second-order valence-corrected chi connectivity index (χ2v) is 6.78. The number of hydrogen-bond donors (Lipinski definition) is 3. The molecule has 0 aliphatic rings. The average molecular weight is 545 g/mol. The molecule has 0 radical (unpaired) electrons. The first-order chi connectivity index (χ1) is 12.6. The molecule has 1 amide bonds. The maximum absolute atomic E-state index is 12.2. The molecule has 0 aliphatic heterocycles. The van der Waals surface area contributed by atoms with Crippen molar-refractivity contribution in [2.45, 2.75) is 26.8 Å². The number of carbonyl (C=O) groups excluding carboxylic acids is 1. The van der Waals surface area contributed by atoms with Crippen LogP contribution in [0.5, 0.6) is 0 Å². The Morgan fingerprint density at radius 3 is 2.56 bits per heavy atom. The standard InChI is InChI=1S/C20H25BrN4O.HI/c1-3-22-20(24-14-16-7-5-4-6-8-16)23-12-11-19(26)25-18-13-17(21)10-9-15(18)2;/h4-10,13H,3,11-12,14H2,1-2H3,(H,25,26)(H2,22,23,24);1H. The van der Waals surface area contributed by atoms with Crippen LogP contribution in [-0.2, 0) is 11.3 Å². The van der Waals surface area contributed by atoms with Gasteiger partial charge in [-0.2, -0.15) is 0 Å². The van der Waals surface area contributed by atoms with Gasteiger partial charge in [-0.3, -0.25) is 4.79 Å². The molecule has 0 fully saturated rings. The summed E-state index contributed by atoms with van der Waals surface area (Å²) in [6.07, 6.45) is 0.363. The van der Waals surface area contributed by atoms with E-state index in [9.17, 15) is 4.79 Å². The van der Waals surface area contributed by atoms with E-state index >= 15 is 0 Å². The third kappa shape index (κ3) is 8.75. The maximum atomic E-state index is 12.2. The lowest BCUT2D eigenvalue weighted by Crippen LogP contribution is -2.38. The summed E-state index contributed by atoms with van der Waals surface area (Å²) in [7, 11) is 0. The molecule has 2 aromatic rings. The zero-order valence-corrected chi connectivity index (χ0v) is 19.5. The van der Waals surface area contributed by atoms with Crippen molar-refractivity contribution in [1.82, 2.24) is 10.6 Å². The predicted octanol–water partition coefficient (Wildman–Crippen LogP) is 4.46. The molecule has 0 atom stereocenters. The van der Waals surface area contributed by atoms with Gasteiger partial charge in [-0.25, -0.2) is 4.99 Å². The summed E-state index contributed by atoms with van der Waals surface area (Å²) >= 11 is 3.42. The van der Waals surface area contributed by atoms with Crippen molar-refractivity contribution in [1.29, 1.82) is 0 Å². The molecular weight excluding hydrogens is 519 g/mol. The number of amides is 1. The molecule has 2 aromatic carbocycles. The van der Waals surface area contributed by atoms with Gasteiger partial charge in [0.05, 0.1) is 6.54 Å². The van der Waals surface area contributed by atoms with Crippen LogP contribution in [0.15, 0.2) is 58.0 Å². The Bertz CT molecular complexity index is 753. The van der Waals surface area contributed by atoms with E-state index in [2.05, 4.69) is 36.9 Å². The van der Waals surface area contributed by atoms with E-state index in [-0.39, 0.29) is 29.9 Å². The van der Waals surface area contributed by atoms with E-state index in [1.807, 2.05) is 62.4 Å². The summed E-state index contributed by atoms with van der Waals surface area (Å²) in [5, 5.41) is 9.34. The van der Waals surface area contributed by atoms with Gasteiger partial charge in [0.15, 0.2) is 5.96 Å². The van der Waals surface area contributed by atoms with Crippen molar-refractivity contribution < 1.29 is 4.79 Å². The molecule has 0 aliphatic carbocycles. The average Bonchev–Trinajstić information content (AvgIpc) is 2.63. The number of anilines is 1. The van der Waals surface area contributed by atoms with Crippen LogP contribution >= 0.6 is 39.9 Å². The lowest BCUT2D eigenvalue weighted by Gasteiger charge is -2.12. The number of nitrogens with zero attached hydrogens (tertiary/aromatic N) is 1. The zero-order chi connectivity index (χ0) is 18.8. The van der Waals surface area contributed by atoms with Gasteiger partial charge in [0.1, 0.15) is 0 Å². The molecule has 0 aromatic heterocycles. The lowest BCUT2D eigenvalue weighted by molar-refractivity contribution is -0.116. The molecule has 3 N–H and O–H groups in total. The summed E-state index contributed by atoms with van der Waals surface area (Å²) in [5.74, 6) is 0.681. The zero-order valence-electron chi connectivity index (χ0n) is 15.6. The minimum atomic E-state index is -0.0300. The van der Waals surface area contributed by atoms with Gasteiger partial charge in [-0.05, 0) is 37.1 Å². The fourth-order valence-electron chi connectivity index (χ4n) is 2.33.